The third-order valence-corrected chi connectivity index (χ3v) is 6.35. The van der Waals surface area contributed by atoms with Crippen molar-refractivity contribution in [2.24, 2.45) is 0 Å². The highest BCUT2D eigenvalue weighted by Gasteiger charge is 2.39. The van der Waals surface area contributed by atoms with Crippen molar-refractivity contribution in [3.8, 4) is 11.5 Å². The number of hydrogen-bond donors (Lipinski definition) is 2. The average molecular weight is 434 g/mol. The van der Waals surface area contributed by atoms with E-state index in [9.17, 15) is 14.4 Å². The van der Waals surface area contributed by atoms with Gasteiger partial charge < -0.3 is 20.1 Å². The first-order valence-corrected chi connectivity index (χ1v) is 10.4. The van der Waals surface area contributed by atoms with Gasteiger partial charge in [-0.25, -0.2) is 4.79 Å². The van der Waals surface area contributed by atoms with E-state index >= 15 is 0 Å². The van der Waals surface area contributed by atoms with Gasteiger partial charge in [0.05, 0.1) is 16.7 Å². The van der Waals surface area contributed by atoms with Gasteiger partial charge in [-0.3, -0.25) is 9.59 Å². The van der Waals surface area contributed by atoms with Gasteiger partial charge in [0.15, 0.2) is 0 Å². The number of esters is 1. The Hall–Kier alpha value is -4.65. The predicted octanol–water partition coefficient (Wildman–Crippen LogP) is 3.72. The Bertz CT molecular complexity index is 1550. The predicted molar refractivity (Wildman–Crippen MR) is 121 cm³/mol. The zero-order valence-electron chi connectivity index (χ0n) is 17.0. The fourth-order valence-corrected chi connectivity index (χ4v) is 4.91. The summed E-state index contributed by atoms with van der Waals surface area (Å²) < 4.78 is 11.5. The van der Waals surface area contributed by atoms with Crippen LogP contribution >= 0.6 is 0 Å². The fraction of sp³-hybridized carbons (Fsp3) is 0.0385. The minimum Gasteiger partial charge on any atom is -0.488 e. The third kappa shape index (κ3) is 2.36. The average Bonchev–Trinajstić information content (AvgIpc) is 3.52. The smallest absolute Gasteiger partial charge is 0.345 e. The summed E-state index contributed by atoms with van der Waals surface area (Å²) in [6, 6.07) is 18.1. The monoisotopic (exact) mass is 434 g/mol. The molecule has 0 unspecified atom stereocenters. The Morgan fingerprint density at radius 3 is 1.97 bits per heavy atom. The lowest BCUT2D eigenvalue weighted by atomic mass is 9.93. The molecule has 158 valence electrons. The number of amides is 2. The highest BCUT2D eigenvalue weighted by molar-refractivity contribution is 6.46. The minimum atomic E-state index is -0.589. The molecule has 33 heavy (non-hydrogen) atoms. The van der Waals surface area contributed by atoms with Crippen LogP contribution in [-0.2, 0) is 14.4 Å². The zero-order valence-corrected chi connectivity index (χ0v) is 17.0. The first-order chi connectivity index (χ1) is 16.1. The van der Waals surface area contributed by atoms with E-state index in [0.29, 0.717) is 39.4 Å². The number of para-hydroxylation sites is 2. The molecule has 4 heterocycles. The van der Waals surface area contributed by atoms with Crippen molar-refractivity contribution in [1.29, 1.82) is 0 Å². The van der Waals surface area contributed by atoms with Gasteiger partial charge in [0.1, 0.15) is 18.1 Å². The van der Waals surface area contributed by atoms with Crippen LogP contribution in [0.3, 0.4) is 0 Å². The van der Waals surface area contributed by atoms with Gasteiger partial charge in [0, 0.05) is 39.2 Å². The van der Waals surface area contributed by atoms with Crippen LogP contribution in [0.15, 0.2) is 60.7 Å². The number of hydrogen-bond acceptors (Lipinski definition) is 5. The van der Waals surface area contributed by atoms with E-state index in [1.54, 1.807) is 24.3 Å². The maximum atomic E-state index is 12.9. The molecule has 2 amide bonds. The molecule has 0 fully saturated rings. The molecule has 7 heteroatoms. The largest absolute Gasteiger partial charge is 0.488 e. The van der Waals surface area contributed by atoms with Crippen molar-refractivity contribution >= 4 is 51.5 Å². The van der Waals surface area contributed by atoms with E-state index in [1.165, 1.54) is 0 Å². The highest BCUT2D eigenvalue weighted by atomic mass is 16.5. The molecule has 2 N–H and O–H groups in total. The number of ether oxygens (including phenoxy) is 2. The van der Waals surface area contributed by atoms with Gasteiger partial charge in [0.25, 0.3) is 11.8 Å². The van der Waals surface area contributed by atoms with Crippen LogP contribution < -0.4 is 20.1 Å². The van der Waals surface area contributed by atoms with E-state index in [4.69, 9.17) is 9.47 Å². The Kier molecular flexibility index (Phi) is 3.38. The van der Waals surface area contributed by atoms with Crippen molar-refractivity contribution in [1.82, 2.24) is 0 Å². The van der Waals surface area contributed by atoms with Crippen molar-refractivity contribution in [3.05, 3.63) is 82.9 Å². The van der Waals surface area contributed by atoms with Gasteiger partial charge in [-0.2, -0.15) is 0 Å². The molecule has 0 saturated carbocycles. The van der Waals surface area contributed by atoms with Gasteiger partial charge in [-0.05, 0) is 24.3 Å². The SMILES string of the molecule is O=C1Nc2ccccc2/C1=C1\COc2cc3c(cc21)OC(=O)/C3=C1/C(=O)Nc2ccccc21. The highest BCUT2D eigenvalue weighted by Crippen LogP contribution is 2.49. The lowest BCUT2D eigenvalue weighted by Gasteiger charge is -2.05. The van der Waals surface area contributed by atoms with Crippen LogP contribution in [0.1, 0.15) is 22.3 Å². The van der Waals surface area contributed by atoms with Crippen LogP contribution in [0, 0.1) is 0 Å². The topological polar surface area (TPSA) is 93.7 Å². The molecule has 0 spiro atoms. The molecule has 0 aromatic heterocycles. The maximum absolute atomic E-state index is 12.9. The van der Waals surface area contributed by atoms with Crippen LogP contribution in [0.25, 0.3) is 22.3 Å². The van der Waals surface area contributed by atoms with Crippen LogP contribution in [0.2, 0.25) is 0 Å². The molecule has 7 nitrogen and oxygen atoms in total. The Balaban J connectivity index is 1.42. The normalized spacial score (nSPS) is 21.6. The number of carbonyl (C=O) groups is 3. The van der Waals surface area contributed by atoms with E-state index in [0.717, 1.165) is 16.8 Å². The van der Waals surface area contributed by atoms with E-state index in [-0.39, 0.29) is 29.6 Å². The molecule has 3 aromatic rings. The van der Waals surface area contributed by atoms with Crippen molar-refractivity contribution < 1.29 is 23.9 Å². The van der Waals surface area contributed by atoms with Crippen LogP contribution in [-0.4, -0.2) is 24.4 Å². The molecular formula is C26H14N2O5. The van der Waals surface area contributed by atoms with Crippen molar-refractivity contribution in [2.45, 2.75) is 0 Å². The number of anilines is 2. The first-order valence-electron chi connectivity index (χ1n) is 10.4. The Morgan fingerprint density at radius 1 is 0.636 bits per heavy atom. The van der Waals surface area contributed by atoms with E-state index < -0.39 is 5.97 Å². The second kappa shape index (κ2) is 6.20. The Labute approximate surface area is 187 Å². The standard InChI is InChI=1S/C26H14N2O5/c29-24-21(12-5-1-3-7-17(12)27-24)16-11-32-19-10-15-20(9-14(16)19)33-26(31)23(15)22-13-6-2-4-8-18(13)28-25(22)30/h1-10H,11H2,(H,27,29)(H,28,30)/b21-16-,23-22+. The molecule has 0 atom stereocenters. The summed E-state index contributed by atoms with van der Waals surface area (Å²) in [5, 5.41) is 5.68. The number of rotatable bonds is 0. The summed E-state index contributed by atoms with van der Waals surface area (Å²) in [7, 11) is 0. The summed E-state index contributed by atoms with van der Waals surface area (Å²) in [6.07, 6.45) is 0. The van der Waals surface area contributed by atoms with Gasteiger partial charge in [0.2, 0.25) is 0 Å². The van der Waals surface area contributed by atoms with E-state index in [1.807, 2.05) is 36.4 Å². The van der Waals surface area contributed by atoms with Gasteiger partial charge >= 0.3 is 5.97 Å². The summed E-state index contributed by atoms with van der Waals surface area (Å²) in [5.74, 6) is -0.249. The fourth-order valence-electron chi connectivity index (χ4n) is 4.91. The number of nitrogens with one attached hydrogen (secondary N) is 2. The third-order valence-electron chi connectivity index (χ3n) is 6.35. The summed E-state index contributed by atoms with van der Waals surface area (Å²) >= 11 is 0. The van der Waals surface area contributed by atoms with Crippen molar-refractivity contribution in [3.63, 3.8) is 0 Å². The molecule has 0 bridgehead atoms. The molecular weight excluding hydrogens is 420 g/mol. The number of carbonyl (C=O) groups excluding carboxylic acids is 3. The summed E-state index contributed by atoms with van der Waals surface area (Å²) in [4.78, 5) is 38.3. The van der Waals surface area contributed by atoms with Gasteiger partial charge in [-0.1, -0.05) is 36.4 Å². The maximum Gasteiger partial charge on any atom is 0.345 e. The summed E-state index contributed by atoms with van der Waals surface area (Å²) in [6.45, 7) is 0.221. The molecule has 7 rings (SSSR count). The Morgan fingerprint density at radius 2 is 1.24 bits per heavy atom. The second-order valence-electron chi connectivity index (χ2n) is 8.13. The minimum absolute atomic E-state index is 0.192. The molecule has 4 aliphatic rings. The van der Waals surface area contributed by atoms with E-state index in [2.05, 4.69) is 10.6 Å². The van der Waals surface area contributed by atoms with Crippen LogP contribution in [0.5, 0.6) is 11.5 Å². The lowest BCUT2D eigenvalue weighted by molar-refractivity contribution is -0.127. The summed E-state index contributed by atoms with van der Waals surface area (Å²) in [5.41, 5.74) is 5.87. The number of fused-ring (bicyclic) bond motifs is 4. The zero-order chi connectivity index (χ0) is 22.3. The van der Waals surface area contributed by atoms with Crippen molar-refractivity contribution in [2.75, 3.05) is 17.2 Å². The molecule has 4 aliphatic heterocycles. The number of benzene rings is 3. The molecule has 0 saturated heterocycles. The molecule has 3 aromatic carbocycles. The molecule has 0 aliphatic carbocycles. The van der Waals surface area contributed by atoms with Gasteiger partial charge in [-0.15, -0.1) is 0 Å². The first kappa shape index (κ1) is 18.0. The molecule has 0 radical (unpaired) electrons. The quantitative estimate of drug-likeness (QED) is 0.320. The second-order valence-corrected chi connectivity index (χ2v) is 8.13. The lowest BCUT2D eigenvalue weighted by Crippen LogP contribution is -2.09. The van der Waals surface area contributed by atoms with Crippen LogP contribution in [0.4, 0.5) is 11.4 Å².